The number of aromatic nitrogens is 3. The quantitative estimate of drug-likeness (QED) is 0.190. The Balaban J connectivity index is 1.37. The minimum absolute atomic E-state index is 0.00192. The summed E-state index contributed by atoms with van der Waals surface area (Å²) < 4.78 is 1.77. The summed E-state index contributed by atoms with van der Waals surface area (Å²) in [4.78, 5) is 27.7. The Labute approximate surface area is 238 Å². The molecule has 8 heteroatoms. The van der Waals surface area contributed by atoms with Gasteiger partial charge in [-0.25, -0.2) is 4.99 Å². The molecule has 2 aromatic heterocycles. The highest BCUT2D eigenvalue weighted by Crippen LogP contribution is 2.39. The lowest BCUT2D eigenvalue weighted by atomic mass is 9.97. The fourth-order valence-corrected chi connectivity index (χ4v) is 5.37. The number of nitrogens with zero attached hydrogens (tertiary/aromatic N) is 5. The maximum Gasteiger partial charge on any atom is 0.259 e. The number of para-hydroxylation sites is 1. The van der Waals surface area contributed by atoms with Crippen LogP contribution in [0.3, 0.4) is 0 Å². The monoisotopic (exact) mass is 541 g/mol. The zero-order valence-corrected chi connectivity index (χ0v) is 23.6. The van der Waals surface area contributed by atoms with Gasteiger partial charge in [-0.2, -0.15) is 10.1 Å². The minimum atomic E-state index is -0.00192. The fraction of sp³-hybridized carbons (Fsp3) is 0.152. The molecule has 0 atom stereocenters. The molecule has 6 rings (SSSR count). The minimum Gasteiger partial charge on any atom is -0.359 e. The van der Waals surface area contributed by atoms with Crippen molar-refractivity contribution in [2.45, 2.75) is 27.3 Å². The summed E-state index contributed by atoms with van der Waals surface area (Å²) in [5.41, 5.74) is 9.53. The van der Waals surface area contributed by atoms with E-state index in [1.807, 2.05) is 87.4 Å². The van der Waals surface area contributed by atoms with Gasteiger partial charge in [0.2, 0.25) is 5.96 Å². The molecule has 0 unspecified atom stereocenters. The van der Waals surface area contributed by atoms with E-state index in [0.29, 0.717) is 18.3 Å². The fourth-order valence-electron chi connectivity index (χ4n) is 5.37. The Morgan fingerprint density at radius 3 is 2.49 bits per heavy atom. The third kappa shape index (κ3) is 4.63. The summed E-state index contributed by atoms with van der Waals surface area (Å²) in [5, 5.41) is 8.75. The molecule has 41 heavy (non-hydrogen) atoms. The number of aryl methyl sites for hydroxylation is 2. The maximum absolute atomic E-state index is 13.7. The number of carbonyl (C=O) groups is 1. The second-order valence-corrected chi connectivity index (χ2v) is 10.4. The standard InChI is InChI=1S/C33H31N7O/c1-20(2)30(37-33(34-4)36-29-17-21(3)39(5)38-29)26-18-35-31-24(26)14-10-16-28(31)40-19-27-23(22-11-7-6-8-12-22)13-9-15-25(27)32(40)41/h6-18,35H,4,19H2,1-3,5H3,(H,36,37,38). The molecule has 0 aliphatic carbocycles. The molecular formula is C33H31N7O. The van der Waals surface area contributed by atoms with Crippen LogP contribution in [-0.4, -0.2) is 33.3 Å². The number of rotatable bonds is 5. The Hall–Kier alpha value is -5.24. The summed E-state index contributed by atoms with van der Waals surface area (Å²) in [5.74, 6) is 0.901. The van der Waals surface area contributed by atoms with Crippen molar-refractivity contribution < 1.29 is 4.79 Å². The van der Waals surface area contributed by atoms with Crippen molar-refractivity contribution in [1.82, 2.24) is 20.1 Å². The SMILES string of the molecule is C=NC(=Nc1cc(C)n(C)n1)NC(=C(C)C)c1c[nH]c2c(N3Cc4c(cccc4-c4ccccc4)C3=O)cccc12. The summed E-state index contributed by atoms with van der Waals surface area (Å²) in [6.07, 6.45) is 1.96. The Morgan fingerprint density at radius 1 is 1.02 bits per heavy atom. The zero-order chi connectivity index (χ0) is 28.7. The van der Waals surface area contributed by atoms with E-state index in [0.717, 1.165) is 61.4 Å². The van der Waals surface area contributed by atoms with Gasteiger partial charge in [0.05, 0.1) is 17.7 Å². The first-order chi connectivity index (χ1) is 19.9. The molecule has 1 aliphatic rings. The number of guanidine groups is 1. The number of fused-ring (bicyclic) bond motifs is 2. The number of aliphatic imine (C=N–C) groups is 2. The smallest absolute Gasteiger partial charge is 0.259 e. The summed E-state index contributed by atoms with van der Waals surface area (Å²) in [6.45, 7) is 10.2. The van der Waals surface area contributed by atoms with Crippen molar-refractivity contribution in [2.24, 2.45) is 17.0 Å². The molecule has 0 saturated carbocycles. The Bertz CT molecular complexity index is 1850. The molecule has 2 N–H and O–H groups in total. The van der Waals surface area contributed by atoms with E-state index >= 15 is 0 Å². The number of H-pyrrole nitrogens is 1. The molecule has 0 fully saturated rings. The molecule has 8 nitrogen and oxygen atoms in total. The number of amides is 1. The van der Waals surface area contributed by atoms with Crippen LogP contribution in [0.5, 0.6) is 0 Å². The third-order valence-corrected chi connectivity index (χ3v) is 7.51. The van der Waals surface area contributed by atoms with E-state index < -0.39 is 0 Å². The van der Waals surface area contributed by atoms with Gasteiger partial charge in [-0.15, -0.1) is 0 Å². The average molecular weight is 542 g/mol. The van der Waals surface area contributed by atoms with Crippen molar-refractivity contribution in [3.63, 3.8) is 0 Å². The predicted molar refractivity (Wildman–Crippen MR) is 167 cm³/mol. The number of anilines is 1. The van der Waals surface area contributed by atoms with Crippen LogP contribution in [-0.2, 0) is 13.6 Å². The van der Waals surface area contributed by atoms with Gasteiger partial charge in [-0.1, -0.05) is 60.2 Å². The van der Waals surface area contributed by atoms with Crippen LogP contribution in [0.1, 0.15) is 41.0 Å². The van der Waals surface area contributed by atoms with E-state index in [1.54, 1.807) is 4.68 Å². The first kappa shape index (κ1) is 26.0. The van der Waals surface area contributed by atoms with Crippen LogP contribution >= 0.6 is 0 Å². The number of benzene rings is 3. The molecule has 1 amide bonds. The topological polar surface area (TPSA) is 90.7 Å². The zero-order valence-electron chi connectivity index (χ0n) is 23.6. The van der Waals surface area contributed by atoms with Crippen LogP contribution < -0.4 is 10.2 Å². The lowest BCUT2D eigenvalue weighted by Gasteiger charge is -2.17. The molecule has 204 valence electrons. The van der Waals surface area contributed by atoms with E-state index in [2.05, 4.69) is 56.4 Å². The van der Waals surface area contributed by atoms with Gasteiger partial charge in [0.15, 0.2) is 5.82 Å². The van der Waals surface area contributed by atoms with Crippen molar-refractivity contribution in [1.29, 1.82) is 0 Å². The highest BCUT2D eigenvalue weighted by molar-refractivity contribution is 6.15. The summed E-state index contributed by atoms with van der Waals surface area (Å²) >= 11 is 0. The average Bonchev–Trinajstić information content (AvgIpc) is 3.65. The van der Waals surface area contributed by atoms with Gasteiger partial charge in [0.25, 0.3) is 5.91 Å². The second-order valence-electron chi connectivity index (χ2n) is 10.4. The van der Waals surface area contributed by atoms with Crippen LogP contribution in [0.15, 0.2) is 94.6 Å². The molecule has 0 bridgehead atoms. The Morgan fingerprint density at radius 2 is 1.78 bits per heavy atom. The normalized spacial score (nSPS) is 13.0. The number of nitrogens with one attached hydrogen (secondary N) is 2. The molecule has 1 aliphatic heterocycles. The summed E-state index contributed by atoms with van der Waals surface area (Å²) in [6, 6.07) is 24.1. The predicted octanol–water partition coefficient (Wildman–Crippen LogP) is 6.77. The van der Waals surface area contributed by atoms with Gasteiger partial charge in [0, 0.05) is 47.2 Å². The van der Waals surface area contributed by atoms with Crippen LogP contribution in [0.2, 0.25) is 0 Å². The highest BCUT2D eigenvalue weighted by atomic mass is 16.2. The molecule has 0 radical (unpaired) electrons. The maximum atomic E-state index is 13.7. The molecule has 0 spiro atoms. The van der Waals surface area contributed by atoms with E-state index in [4.69, 9.17) is 0 Å². The van der Waals surface area contributed by atoms with Crippen LogP contribution in [0.25, 0.3) is 27.7 Å². The Kier molecular flexibility index (Phi) is 6.59. The van der Waals surface area contributed by atoms with Crippen molar-refractivity contribution in [3.05, 3.63) is 107 Å². The van der Waals surface area contributed by atoms with Crippen molar-refractivity contribution in [3.8, 4) is 11.1 Å². The lowest BCUT2D eigenvalue weighted by molar-refractivity contribution is 0.0997. The first-order valence-corrected chi connectivity index (χ1v) is 13.5. The number of hydrogen-bond acceptors (Lipinski definition) is 3. The van der Waals surface area contributed by atoms with Crippen molar-refractivity contribution >= 4 is 46.7 Å². The first-order valence-electron chi connectivity index (χ1n) is 13.5. The largest absolute Gasteiger partial charge is 0.359 e. The molecule has 3 aromatic carbocycles. The number of carbonyl (C=O) groups excluding carboxylic acids is 1. The number of allylic oxidation sites excluding steroid dienone is 1. The van der Waals surface area contributed by atoms with E-state index in [1.165, 1.54) is 0 Å². The lowest BCUT2D eigenvalue weighted by Crippen LogP contribution is -2.23. The van der Waals surface area contributed by atoms with Gasteiger partial charge in [-0.3, -0.25) is 9.48 Å². The van der Waals surface area contributed by atoms with Crippen LogP contribution in [0.4, 0.5) is 11.5 Å². The van der Waals surface area contributed by atoms with Gasteiger partial charge in [0.1, 0.15) is 0 Å². The number of aromatic amines is 1. The third-order valence-electron chi connectivity index (χ3n) is 7.51. The van der Waals surface area contributed by atoms with Crippen LogP contribution in [0, 0.1) is 6.92 Å². The summed E-state index contributed by atoms with van der Waals surface area (Å²) in [7, 11) is 1.87. The molecule has 3 heterocycles. The highest BCUT2D eigenvalue weighted by Gasteiger charge is 2.32. The van der Waals surface area contributed by atoms with Gasteiger partial charge in [-0.05, 0) is 56.3 Å². The van der Waals surface area contributed by atoms with Gasteiger partial charge < -0.3 is 15.2 Å². The van der Waals surface area contributed by atoms with E-state index in [9.17, 15) is 4.79 Å². The molecular weight excluding hydrogens is 510 g/mol. The van der Waals surface area contributed by atoms with Gasteiger partial charge >= 0.3 is 0 Å². The second kappa shape index (κ2) is 10.4. The molecule has 5 aromatic rings. The molecule has 0 saturated heterocycles. The van der Waals surface area contributed by atoms with Crippen molar-refractivity contribution in [2.75, 3.05) is 4.90 Å². The number of hydrogen-bond donors (Lipinski definition) is 2. The van der Waals surface area contributed by atoms with E-state index in [-0.39, 0.29) is 5.91 Å².